The number of ether oxygens (including phenoxy) is 1. The number of amides is 1. The van der Waals surface area contributed by atoms with Crippen LogP contribution in [0.4, 0.5) is 4.79 Å². The van der Waals surface area contributed by atoms with E-state index in [-0.39, 0.29) is 17.9 Å². The lowest BCUT2D eigenvalue weighted by Gasteiger charge is -2.40. The molecule has 0 aliphatic carbocycles. The van der Waals surface area contributed by atoms with E-state index in [0.29, 0.717) is 36.9 Å². The van der Waals surface area contributed by atoms with Crippen molar-refractivity contribution in [1.82, 2.24) is 15.5 Å². The highest BCUT2D eigenvalue weighted by atomic mass is 32.2. The maximum absolute atomic E-state index is 12.3. The van der Waals surface area contributed by atoms with Gasteiger partial charge in [-0.2, -0.15) is 0 Å². The van der Waals surface area contributed by atoms with Gasteiger partial charge in [0.15, 0.2) is 15.8 Å². The van der Waals surface area contributed by atoms with Crippen molar-refractivity contribution < 1.29 is 17.9 Å². The predicted octanol–water partition coefficient (Wildman–Crippen LogP) is 1.63. The van der Waals surface area contributed by atoms with Crippen molar-refractivity contribution in [2.75, 3.05) is 32.4 Å². The summed E-state index contributed by atoms with van der Waals surface area (Å²) in [6, 6.07) is 8.53. The van der Waals surface area contributed by atoms with Gasteiger partial charge >= 0.3 is 6.09 Å². The van der Waals surface area contributed by atoms with Crippen LogP contribution in [0.5, 0.6) is 0 Å². The second kappa shape index (κ2) is 9.27. The number of nitrogens with zero attached hydrogens (tertiary/aromatic N) is 2. The van der Waals surface area contributed by atoms with Gasteiger partial charge in [-0.3, -0.25) is 4.99 Å². The molecule has 156 valence electrons. The number of likely N-dealkylation sites (tertiary alicyclic amines) is 1. The smallest absolute Gasteiger partial charge is 0.410 e. The summed E-state index contributed by atoms with van der Waals surface area (Å²) in [5.41, 5.74) is -0.507. The van der Waals surface area contributed by atoms with Crippen LogP contribution < -0.4 is 10.6 Å². The van der Waals surface area contributed by atoms with Gasteiger partial charge in [0, 0.05) is 26.7 Å². The Hall–Kier alpha value is -2.29. The molecule has 8 nitrogen and oxygen atoms in total. The molecular formula is C19H30N4O4S. The zero-order valence-corrected chi connectivity index (χ0v) is 17.8. The Morgan fingerprint density at radius 3 is 2.46 bits per heavy atom. The minimum absolute atomic E-state index is 0.0663. The van der Waals surface area contributed by atoms with E-state index in [1.54, 1.807) is 42.3 Å². The van der Waals surface area contributed by atoms with Gasteiger partial charge in [0.25, 0.3) is 0 Å². The normalized spacial score (nSPS) is 15.7. The van der Waals surface area contributed by atoms with Crippen LogP contribution in [0.1, 0.15) is 27.2 Å². The van der Waals surface area contributed by atoms with Crippen LogP contribution in [0.25, 0.3) is 0 Å². The Morgan fingerprint density at radius 2 is 1.89 bits per heavy atom. The fourth-order valence-corrected chi connectivity index (χ4v) is 3.98. The molecule has 1 saturated heterocycles. The summed E-state index contributed by atoms with van der Waals surface area (Å²) in [5, 5.41) is 6.33. The molecule has 2 rings (SSSR count). The van der Waals surface area contributed by atoms with Gasteiger partial charge < -0.3 is 20.3 Å². The fourth-order valence-electron chi connectivity index (χ4n) is 2.65. The first kappa shape index (κ1) is 22.0. The Kier molecular flexibility index (Phi) is 7.29. The summed E-state index contributed by atoms with van der Waals surface area (Å²) < 4.78 is 29.8. The van der Waals surface area contributed by atoms with Crippen molar-refractivity contribution in [3.8, 4) is 0 Å². The number of aliphatic imine (C=N–C) groups is 1. The van der Waals surface area contributed by atoms with Crippen molar-refractivity contribution in [3.05, 3.63) is 30.3 Å². The second-order valence-electron chi connectivity index (χ2n) is 7.71. The lowest BCUT2D eigenvalue weighted by atomic mass is 10.1. The van der Waals surface area contributed by atoms with E-state index in [9.17, 15) is 13.2 Å². The van der Waals surface area contributed by atoms with Crippen LogP contribution in [0.15, 0.2) is 40.2 Å². The number of hydrogen-bond acceptors (Lipinski definition) is 5. The first-order valence-electron chi connectivity index (χ1n) is 9.33. The van der Waals surface area contributed by atoms with Crippen LogP contribution >= 0.6 is 0 Å². The number of nitrogens with one attached hydrogen (secondary N) is 2. The number of benzene rings is 1. The zero-order valence-electron chi connectivity index (χ0n) is 16.9. The van der Waals surface area contributed by atoms with Gasteiger partial charge in [0.05, 0.1) is 16.7 Å². The quantitative estimate of drug-likeness (QED) is 0.420. The Balaban J connectivity index is 1.68. The molecule has 0 spiro atoms. The van der Waals surface area contributed by atoms with Crippen molar-refractivity contribution >= 4 is 21.9 Å². The molecule has 1 aromatic carbocycles. The molecule has 0 radical (unpaired) electrons. The molecule has 0 saturated carbocycles. The van der Waals surface area contributed by atoms with Crippen molar-refractivity contribution in [3.63, 3.8) is 0 Å². The van der Waals surface area contributed by atoms with E-state index in [2.05, 4.69) is 15.6 Å². The number of carbonyl (C=O) groups excluding carboxylic acids is 1. The molecule has 0 bridgehead atoms. The summed E-state index contributed by atoms with van der Waals surface area (Å²) >= 11 is 0. The average Bonchev–Trinajstić information content (AvgIpc) is 2.58. The minimum Gasteiger partial charge on any atom is -0.444 e. The van der Waals surface area contributed by atoms with Crippen LogP contribution in [0.2, 0.25) is 0 Å². The highest BCUT2D eigenvalue weighted by molar-refractivity contribution is 7.91. The molecule has 1 aliphatic rings. The first-order valence-corrected chi connectivity index (χ1v) is 11.0. The van der Waals surface area contributed by atoms with E-state index < -0.39 is 15.4 Å². The van der Waals surface area contributed by atoms with Gasteiger partial charge in [-0.1, -0.05) is 18.2 Å². The highest BCUT2D eigenvalue weighted by Crippen LogP contribution is 2.15. The summed E-state index contributed by atoms with van der Waals surface area (Å²) in [5.74, 6) is 0.655. The van der Waals surface area contributed by atoms with Crippen LogP contribution in [-0.4, -0.2) is 69.4 Å². The number of carbonyl (C=O) groups is 1. The van der Waals surface area contributed by atoms with E-state index in [4.69, 9.17) is 4.74 Å². The van der Waals surface area contributed by atoms with Crippen LogP contribution in [0.3, 0.4) is 0 Å². The minimum atomic E-state index is -3.27. The summed E-state index contributed by atoms with van der Waals surface area (Å²) in [6.07, 6.45) is 0.145. The molecule has 1 amide bonds. The largest absolute Gasteiger partial charge is 0.444 e. The maximum atomic E-state index is 12.3. The first-order chi connectivity index (χ1) is 13.1. The Bertz CT molecular complexity index is 782. The van der Waals surface area contributed by atoms with E-state index >= 15 is 0 Å². The third kappa shape index (κ3) is 6.70. The molecule has 1 aliphatic heterocycles. The molecule has 1 aromatic rings. The van der Waals surface area contributed by atoms with Crippen molar-refractivity contribution in [2.24, 2.45) is 4.99 Å². The number of sulfone groups is 1. The molecule has 2 N–H and O–H groups in total. The van der Waals surface area contributed by atoms with Gasteiger partial charge in [0.1, 0.15) is 5.60 Å². The van der Waals surface area contributed by atoms with E-state index in [1.165, 1.54) is 0 Å². The standard InChI is InChI=1S/C19H30N4O4S/c1-19(2,3)27-18(24)23-13-15(14-23)22-17(20-4)21-11-8-12-28(25,26)16-9-6-5-7-10-16/h5-7,9-10,15H,8,11-14H2,1-4H3,(H2,20,21,22). The zero-order chi connectivity index (χ0) is 20.8. The van der Waals surface area contributed by atoms with Gasteiger partial charge in [-0.05, 0) is 39.3 Å². The van der Waals surface area contributed by atoms with Gasteiger partial charge in [-0.15, -0.1) is 0 Å². The highest BCUT2D eigenvalue weighted by Gasteiger charge is 2.34. The second-order valence-corrected chi connectivity index (χ2v) is 9.82. The molecule has 1 heterocycles. The Morgan fingerprint density at radius 1 is 1.25 bits per heavy atom. The molecule has 28 heavy (non-hydrogen) atoms. The molecule has 0 unspecified atom stereocenters. The fraction of sp³-hybridized carbons (Fsp3) is 0.579. The average molecular weight is 411 g/mol. The molecule has 9 heteroatoms. The van der Waals surface area contributed by atoms with Crippen LogP contribution in [-0.2, 0) is 14.6 Å². The number of hydrogen-bond donors (Lipinski definition) is 2. The third-order valence-corrected chi connectivity index (χ3v) is 5.90. The summed E-state index contributed by atoms with van der Waals surface area (Å²) in [4.78, 5) is 18.0. The SMILES string of the molecule is CN=C(NCCCS(=O)(=O)c1ccccc1)NC1CN(C(=O)OC(C)(C)C)C1. The molecule has 1 fully saturated rings. The summed E-state index contributed by atoms with van der Waals surface area (Å²) in [7, 11) is -1.62. The predicted molar refractivity (Wildman–Crippen MR) is 109 cm³/mol. The molecule has 0 aromatic heterocycles. The molecular weight excluding hydrogens is 380 g/mol. The number of guanidine groups is 1. The van der Waals surface area contributed by atoms with Crippen molar-refractivity contribution in [1.29, 1.82) is 0 Å². The topological polar surface area (TPSA) is 100 Å². The Labute approximate surface area is 167 Å². The molecule has 0 atom stereocenters. The lowest BCUT2D eigenvalue weighted by Crippen LogP contribution is -2.63. The summed E-state index contributed by atoms with van der Waals surface area (Å²) in [6.45, 7) is 7.07. The third-order valence-electron chi connectivity index (χ3n) is 4.08. The van der Waals surface area contributed by atoms with E-state index in [0.717, 1.165) is 0 Å². The number of rotatable bonds is 6. The maximum Gasteiger partial charge on any atom is 0.410 e. The van der Waals surface area contributed by atoms with E-state index in [1.807, 2.05) is 20.8 Å². The van der Waals surface area contributed by atoms with Crippen LogP contribution in [0, 0.1) is 0 Å². The van der Waals surface area contributed by atoms with Crippen molar-refractivity contribution in [2.45, 2.75) is 43.7 Å². The lowest BCUT2D eigenvalue weighted by molar-refractivity contribution is 0.00701. The van der Waals surface area contributed by atoms with Gasteiger partial charge in [0.2, 0.25) is 0 Å². The monoisotopic (exact) mass is 410 g/mol. The van der Waals surface area contributed by atoms with Gasteiger partial charge in [-0.25, -0.2) is 13.2 Å².